The number of nitrogens with one attached hydrogen (secondary N) is 1. The highest BCUT2D eigenvalue weighted by molar-refractivity contribution is 7.91. The highest BCUT2D eigenvalue weighted by Crippen LogP contribution is 2.36. The monoisotopic (exact) mass is 1270 g/mol. The number of nitrogens with two attached hydrogens (primary N) is 1. The summed E-state index contributed by atoms with van der Waals surface area (Å²) in [6.07, 6.45) is 10.3. The van der Waals surface area contributed by atoms with Crippen molar-refractivity contribution in [3.05, 3.63) is 149 Å². The average Bonchev–Trinajstić information content (AvgIpc) is 1.66. The zero-order valence-electron chi connectivity index (χ0n) is 49.4. The zero-order valence-corrected chi connectivity index (χ0v) is 52.5. The Morgan fingerprint density at radius 1 is 0.632 bits per heavy atom. The predicted molar refractivity (Wildman–Crippen MR) is 331 cm³/mol. The van der Waals surface area contributed by atoms with E-state index in [-0.39, 0.29) is 55.1 Å². The van der Waals surface area contributed by atoms with E-state index in [2.05, 4.69) is 54.2 Å². The molecule has 2 aliphatic rings. The predicted octanol–water partition coefficient (Wildman–Crippen LogP) is 12.5. The van der Waals surface area contributed by atoms with E-state index in [0.717, 1.165) is 68.3 Å². The van der Waals surface area contributed by atoms with Gasteiger partial charge in [0.25, 0.3) is 0 Å². The number of nitrogens with zero attached hydrogens (tertiary/aromatic N) is 8. The summed E-state index contributed by atoms with van der Waals surface area (Å²) in [5.41, 5.74) is 7.85. The largest absolute Gasteiger partial charge is 0.481 e. The smallest absolute Gasteiger partial charge is 0.410 e. The number of hydrogen-bond donors (Lipinski definition) is 2. The van der Waals surface area contributed by atoms with E-state index in [4.69, 9.17) is 43.1 Å². The number of sulfone groups is 2. The Kier molecular flexibility index (Phi) is 21.3. The average molecular weight is 1270 g/mol. The van der Waals surface area contributed by atoms with Crippen molar-refractivity contribution >= 4 is 76.7 Å². The number of halogens is 5. The van der Waals surface area contributed by atoms with Crippen molar-refractivity contribution in [2.45, 2.75) is 123 Å². The van der Waals surface area contributed by atoms with E-state index >= 15 is 4.39 Å². The second-order valence-corrected chi connectivity index (χ2v) is 27.2. The molecule has 18 nitrogen and oxygen atoms in total. The van der Waals surface area contributed by atoms with E-state index in [9.17, 15) is 30.4 Å². The summed E-state index contributed by atoms with van der Waals surface area (Å²) in [6, 6.07) is 26.2. The van der Waals surface area contributed by atoms with Crippen LogP contribution in [0.2, 0.25) is 10.0 Å². The van der Waals surface area contributed by atoms with Gasteiger partial charge in [-0.1, -0.05) is 59.6 Å². The SMILES string of the molecule is CN(C(=O)OC(C)(C)C)C1CCC(N)CC1.COc1nc(CS(=O)(=O)c2ccccc2Cl)c(F)cc1-c1ccc2nc(F)ncc2c1.COc1nc(CS(=O)(=O)c2ccccc2Cl)c(F)cc1-c1ccc2nc(NC3CCC(N(C)C)CC3)ncc2c1. The van der Waals surface area contributed by atoms with Gasteiger partial charge in [0, 0.05) is 65.5 Å². The van der Waals surface area contributed by atoms with Crippen LogP contribution < -0.4 is 20.5 Å². The van der Waals surface area contributed by atoms with Crippen LogP contribution in [0.4, 0.5) is 23.9 Å². The molecule has 4 heterocycles. The van der Waals surface area contributed by atoms with Gasteiger partial charge in [0.15, 0.2) is 19.7 Å². The fourth-order valence-corrected chi connectivity index (χ4v) is 13.9. The molecule has 462 valence electrons. The number of ether oxygens (including phenoxy) is 3. The maximum absolute atomic E-state index is 15.2. The molecule has 8 aromatic rings. The fraction of sp³-hybridized carbons (Fsp3) is 0.371. The summed E-state index contributed by atoms with van der Waals surface area (Å²) < 4.78 is 111. The van der Waals surface area contributed by atoms with Crippen LogP contribution in [0.1, 0.15) is 83.5 Å². The molecule has 3 N–H and O–H groups in total. The molecule has 2 aliphatic carbocycles. The van der Waals surface area contributed by atoms with Crippen LogP contribution in [-0.2, 0) is 35.9 Å². The Bertz CT molecular complexity index is 4000. The lowest BCUT2D eigenvalue weighted by Crippen LogP contribution is -2.44. The van der Waals surface area contributed by atoms with Gasteiger partial charge in [0.1, 0.15) is 28.7 Å². The molecule has 0 unspecified atom stereocenters. The molecule has 1 amide bonds. The van der Waals surface area contributed by atoms with Crippen molar-refractivity contribution in [2.75, 3.05) is 40.7 Å². The number of amides is 1. The maximum atomic E-state index is 15.2. The second-order valence-electron chi connectivity index (χ2n) is 22.5. The minimum atomic E-state index is -3.94. The van der Waals surface area contributed by atoms with Gasteiger partial charge in [-0.2, -0.15) is 4.39 Å². The molecule has 0 radical (unpaired) electrons. The standard InChI is InChI=1S/C29H31ClFN5O3S.C21H14ClF2N3O3S.C12H24N2O2/c1-36(2)21-11-9-20(10-12-21)33-29-32-16-19-14-18(8-13-25(19)35-29)22-15-24(31)26(34-28(22)39-3)17-40(37,38)27-7-5-4-6-23(27)30;1-30-20-14(12-6-7-17-13(8-12)10-25-21(24)27-17)9-16(23)18(26-20)11-31(28,29)19-5-3-2-4-15(19)22;1-12(2,3)16-11(15)14(4)10-7-5-9(13)6-8-10/h4-8,13-16,20-21H,9-12,17H2,1-3H3,(H,32,33,35);2-10H,11H2,1H3;9-10H,5-8,13H2,1-4H3. The maximum Gasteiger partial charge on any atom is 0.410 e. The summed E-state index contributed by atoms with van der Waals surface area (Å²) >= 11 is 12.1. The van der Waals surface area contributed by atoms with Gasteiger partial charge in [-0.15, -0.1) is 0 Å². The fourth-order valence-electron chi connectivity index (χ4n) is 10.2. The number of methoxy groups -OCH3 is 2. The third-order valence-electron chi connectivity index (χ3n) is 14.9. The van der Waals surface area contributed by atoms with Crippen molar-refractivity contribution in [1.29, 1.82) is 0 Å². The first-order valence-electron chi connectivity index (χ1n) is 28.0. The van der Waals surface area contributed by atoms with Crippen molar-refractivity contribution in [3.8, 4) is 34.0 Å². The minimum absolute atomic E-state index is 0.0353. The minimum Gasteiger partial charge on any atom is -0.481 e. The molecule has 0 atom stereocenters. The molecular formula is C62H69Cl2F3N10O8S2. The van der Waals surface area contributed by atoms with E-state index < -0.39 is 54.5 Å². The van der Waals surface area contributed by atoms with Crippen LogP contribution in [0, 0.1) is 17.7 Å². The summed E-state index contributed by atoms with van der Waals surface area (Å²) in [5.74, 6) is -2.19. The van der Waals surface area contributed by atoms with Crippen LogP contribution in [0.15, 0.2) is 119 Å². The number of carbonyl (C=O) groups excluding carboxylic acids is 1. The summed E-state index contributed by atoms with van der Waals surface area (Å²) in [6.45, 7) is 5.65. The molecule has 0 saturated heterocycles. The first-order valence-corrected chi connectivity index (χ1v) is 32.0. The van der Waals surface area contributed by atoms with Crippen LogP contribution >= 0.6 is 23.2 Å². The Hall–Kier alpha value is -7.28. The van der Waals surface area contributed by atoms with E-state index in [1.165, 1.54) is 56.8 Å². The van der Waals surface area contributed by atoms with Crippen molar-refractivity contribution < 1.29 is 49.0 Å². The molecule has 0 aliphatic heterocycles. The van der Waals surface area contributed by atoms with E-state index in [1.807, 2.05) is 40.0 Å². The van der Waals surface area contributed by atoms with Crippen molar-refractivity contribution in [1.82, 2.24) is 39.7 Å². The summed E-state index contributed by atoms with van der Waals surface area (Å²) in [7, 11) is 0.938. The number of rotatable bonds is 14. The highest BCUT2D eigenvalue weighted by Gasteiger charge is 2.30. The van der Waals surface area contributed by atoms with Crippen LogP contribution in [0.3, 0.4) is 0 Å². The zero-order chi connectivity index (χ0) is 63.0. The number of anilines is 1. The van der Waals surface area contributed by atoms with Crippen LogP contribution in [0.5, 0.6) is 11.8 Å². The van der Waals surface area contributed by atoms with Gasteiger partial charge >= 0.3 is 12.2 Å². The number of benzene rings is 4. The lowest BCUT2D eigenvalue weighted by atomic mass is 9.91. The number of aromatic nitrogens is 6. The molecule has 0 spiro atoms. The number of pyridine rings is 2. The van der Waals surface area contributed by atoms with Gasteiger partial charge in [-0.3, -0.25) is 0 Å². The first-order chi connectivity index (χ1) is 41.2. The number of fused-ring (bicyclic) bond motifs is 2. The molecule has 87 heavy (non-hydrogen) atoms. The van der Waals surface area contributed by atoms with Gasteiger partial charge < -0.3 is 35.1 Å². The molecule has 25 heteroatoms. The summed E-state index contributed by atoms with van der Waals surface area (Å²) in [5, 5.41) is 4.88. The highest BCUT2D eigenvalue weighted by atomic mass is 35.5. The number of hydrogen-bond acceptors (Lipinski definition) is 17. The molecule has 0 bridgehead atoms. The molecule has 4 aromatic heterocycles. The normalized spacial score (nSPS) is 17.1. The molecule has 2 fully saturated rings. The van der Waals surface area contributed by atoms with Gasteiger partial charge in [0.2, 0.25) is 17.7 Å². The van der Waals surface area contributed by atoms with Crippen molar-refractivity contribution in [2.24, 2.45) is 5.73 Å². The van der Waals surface area contributed by atoms with E-state index in [0.29, 0.717) is 57.2 Å². The lowest BCUT2D eigenvalue weighted by molar-refractivity contribution is 0.0183. The third kappa shape index (κ3) is 16.9. The number of carbonyl (C=O) groups is 1. The van der Waals surface area contributed by atoms with Gasteiger partial charge in [-0.25, -0.2) is 60.3 Å². The second kappa shape index (κ2) is 28.3. The molecule has 4 aromatic carbocycles. The topological polar surface area (TPSA) is 235 Å². The molecule has 10 rings (SSSR count). The molecule has 2 saturated carbocycles. The Morgan fingerprint density at radius 2 is 1.09 bits per heavy atom. The lowest BCUT2D eigenvalue weighted by Gasteiger charge is -2.34. The van der Waals surface area contributed by atoms with Crippen molar-refractivity contribution in [3.63, 3.8) is 0 Å². The summed E-state index contributed by atoms with van der Waals surface area (Å²) in [4.78, 5) is 40.3. The first kappa shape index (κ1) is 65.7. The Morgan fingerprint density at radius 3 is 1.55 bits per heavy atom. The molecular weight excluding hydrogens is 1200 g/mol. The van der Waals surface area contributed by atoms with E-state index in [1.54, 1.807) is 53.6 Å². The van der Waals surface area contributed by atoms with Gasteiger partial charge in [0.05, 0.1) is 56.5 Å². The Labute approximate surface area is 514 Å². The Balaban J connectivity index is 0.000000185. The third-order valence-corrected chi connectivity index (χ3v) is 19.1. The van der Waals surface area contributed by atoms with Crippen LogP contribution in [-0.4, -0.2) is 128 Å². The van der Waals surface area contributed by atoms with Gasteiger partial charge in [-0.05, 0) is 158 Å². The van der Waals surface area contributed by atoms with Crippen LogP contribution in [0.25, 0.3) is 44.1 Å². The quantitative estimate of drug-likeness (QED) is 0.0963.